The van der Waals surface area contributed by atoms with Crippen LogP contribution in [0.2, 0.25) is 0 Å². The summed E-state index contributed by atoms with van der Waals surface area (Å²) < 4.78 is 0. The molecule has 5 nitrogen and oxygen atoms in total. The minimum Gasteiger partial charge on any atom is -0.399 e. The SMILES string of the molecule is Nc1ccc(CCNc2nnc3ccccc3n2)cc1. The van der Waals surface area contributed by atoms with Gasteiger partial charge in [-0.05, 0) is 36.2 Å². The van der Waals surface area contributed by atoms with Gasteiger partial charge in [0.05, 0.1) is 5.52 Å². The Morgan fingerprint density at radius 3 is 2.45 bits per heavy atom. The Kier molecular flexibility index (Phi) is 3.41. The first-order chi connectivity index (χ1) is 9.81. The number of nitrogen functional groups attached to an aromatic ring is 1. The monoisotopic (exact) mass is 265 g/mol. The summed E-state index contributed by atoms with van der Waals surface area (Å²) in [5.41, 5.74) is 9.31. The fourth-order valence-electron chi connectivity index (χ4n) is 1.96. The summed E-state index contributed by atoms with van der Waals surface area (Å²) >= 11 is 0. The number of nitrogens with zero attached hydrogens (tertiary/aromatic N) is 3. The van der Waals surface area contributed by atoms with Crippen LogP contribution in [0.4, 0.5) is 11.6 Å². The summed E-state index contributed by atoms with van der Waals surface area (Å²) in [6.45, 7) is 0.754. The maximum Gasteiger partial charge on any atom is 0.243 e. The molecule has 1 heterocycles. The van der Waals surface area contributed by atoms with Gasteiger partial charge in [0, 0.05) is 12.2 Å². The first kappa shape index (κ1) is 12.3. The number of hydrogen-bond acceptors (Lipinski definition) is 5. The van der Waals surface area contributed by atoms with Crippen molar-refractivity contribution in [2.75, 3.05) is 17.6 Å². The molecule has 3 rings (SSSR count). The Morgan fingerprint density at radius 1 is 0.900 bits per heavy atom. The van der Waals surface area contributed by atoms with E-state index in [9.17, 15) is 0 Å². The van der Waals surface area contributed by atoms with Crippen molar-refractivity contribution in [1.82, 2.24) is 15.2 Å². The molecular weight excluding hydrogens is 250 g/mol. The van der Waals surface area contributed by atoms with Gasteiger partial charge in [-0.15, -0.1) is 10.2 Å². The number of nitrogens with two attached hydrogens (primary N) is 1. The van der Waals surface area contributed by atoms with Gasteiger partial charge in [0.25, 0.3) is 0 Å². The lowest BCUT2D eigenvalue weighted by molar-refractivity contribution is 0.952. The molecule has 0 aliphatic rings. The molecule has 0 spiro atoms. The highest BCUT2D eigenvalue weighted by atomic mass is 15.2. The van der Waals surface area contributed by atoms with Gasteiger partial charge in [-0.1, -0.05) is 24.3 Å². The fraction of sp³-hybridized carbons (Fsp3) is 0.133. The topological polar surface area (TPSA) is 76.7 Å². The fourth-order valence-corrected chi connectivity index (χ4v) is 1.96. The van der Waals surface area contributed by atoms with Crippen LogP contribution in [-0.2, 0) is 6.42 Å². The molecule has 0 fully saturated rings. The van der Waals surface area contributed by atoms with E-state index in [2.05, 4.69) is 20.5 Å². The average molecular weight is 265 g/mol. The van der Waals surface area contributed by atoms with Crippen LogP contribution in [0, 0.1) is 0 Å². The molecule has 3 N–H and O–H groups in total. The lowest BCUT2D eigenvalue weighted by Crippen LogP contribution is -2.08. The van der Waals surface area contributed by atoms with Crippen molar-refractivity contribution in [3.8, 4) is 0 Å². The van der Waals surface area contributed by atoms with E-state index in [4.69, 9.17) is 5.73 Å². The number of para-hydroxylation sites is 1. The number of aromatic nitrogens is 3. The van der Waals surface area contributed by atoms with Gasteiger partial charge in [-0.25, -0.2) is 4.98 Å². The van der Waals surface area contributed by atoms with Crippen molar-refractivity contribution in [3.63, 3.8) is 0 Å². The van der Waals surface area contributed by atoms with Crippen molar-refractivity contribution in [2.24, 2.45) is 0 Å². The van der Waals surface area contributed by atoms with Crippen molar-refractivity contribution in [1.29, 1.82) is 0 Å². The highest BCUT2D eigenvalue weighted by Gasteiger charge is 2.00. The van der Waals surface area contributed by atoms with Crippen LogP contribution in [0.3, 0.4) is 0 Å². The predicted octanol–water partition coefficient (Wildman–Crippen LogP) is 2.26. The molecule has 20 heavy (non-hydrogen) atoms. The Bertz CT molecular complexity index is 709. The first-order valence-corrected chi connectivity index (χ1v) is 6.49. The second-order valence-corrected chi connectivity index (χ2v) is 4.54. The highest BCUT2D eigenvalue weighted by molar-refractivity contribution is 5.73. The molecule has 0 aliphatic heterocycles. The van der Waals surface area contributed by atoms with Crippen LogP contribution >= 0.6 is 0 Å². The largest absolute Gasteiger partial charge is 0.399 e. The third-order valence-electron chi connectivity index (χ3n) is 3.04. The molecule has 1 aromatic heterocycles. The minimum absolute atomic E-state index is 0.555. The number of benzene rings is 2. The van der Waals surface area contributed by atoms with E-state index >= 15 is 0 Å². The third kappa shape index (κ3) is 2.83. The smallest absolute Gasteiger partial charge is 0.243 e. The molecular formula is C15H15N5. The zero-order chi connectivity index (χ0) is 13.8. The maximum atomic E-state index is 5.66. The first-order valence-electron chi connectivity index (χ1n) is 6.49. The van der Waals surface area contributed by atoms with Crippen molar-refractivity contribution < 1.29 is 0 Å². The number of rotatable bonds is 4. The van der Waals surface area contributed by atoms with Crippen LogP contribution in [0.25, 0.3) is 11.0 Å². The molecule has 0 amide bonds. The Hall–Kier alpha value is -2.69. The quantitative estimate of drug-likeness (QED) is 0.708. The van der Waals surface area contributed by atoms with Gasteiger partial charge in [0.2, 0.25) is 5.95 Å². The van der Waals surface area contributed by atoms with Gasteiger partial charge in [-0.2, -0.15) is 0 Å². The molecule has 0 unspecified atom stereocenters. The van der Waals surface area contributed by atoms with Crippen LogP contribution in [0.1, 0.15) is 5.56 Å². The second-order valence-electron chi connectivity index (χ2n) is 4.54. The predicted molar refractivity (Wildman–Crippen MR) is 80.4 cm³/mol. The van der Waals surface area contributed by atoms with E-state index < -0.39 is 0 Å². The molecule has 100 valence electrons. The third-order valence-corrected chi connectivity index (χ3v) is 3.04. The lowest BCUT2D eigenvalue weighted by atomic mass is 10.1. The molecule has 0 atom stereocenters. The molecule has 2 aromatic carbocycles. The van der Waals surface area contributed by atoms with Crippen LogP contribution in [-0.4, -0.2) is 21.7 Å². The van der Waals surface area contributed by atoms with Gasteiger partial charge in [0.1, 0.15) is 5.52 Å². The zero-order valence-electron chi connectivity index (χ0n) is 11.0. The number of anilines is 2. The standard InChI is InChI=1S/C15H15N5/c16-12-7-5-11(6-8-12)9-10-17-15-18-13-3-1-2-4-14(13)19-20-15/h1-8H,9-10,16H2,(H,17,18,20). The zero-order valence-corrected chi connectivity index (χ0v) is 11.0. The maximum absolute atomic E-state index is 5.66. The summed E-state index contributed by atoms with van der Waals surface area (Å²) in [7, 11) is 0. The van der Waals surface area contributed by atoms with E-state index in [0.717, 1.165) is 29.7 Å². The molecule has 5 heteroatoms. The van der Waals surface area contributed by atoms with Crippen LogP contribution in [0.15, 0.2) is 48.5 Å². The van der Waals surface area contributed by atoms with Crippen LogP contribution in [0.5, 0.6) is 0 Å². The lowest BCUT2D eigenvalue weighted by Gasteiger charge is -2.05. The number of hydrogen-bond donors (Lipinski definition) is 2. The molecule has 3 aromatic rings. The Balaban J connectivity index is 1.63. The normalized spacial score (nSPS) is 10.6. The highest BCUT2D eigenvalue weighted by Crippen LogP contribution is 2.09. The van der Waals surface area contributed by atoms with E-state index in [1.807, 2.05) is 48.5 Å². The number of fused-ring (bicyclic) bond motifs is 1. The van der Waals surface area contributed by atoms with Gasteiger partial charge < -0.3 is 11.1 Å². The molecule has 0 radical (unpaired) electrons. The number of nitrogens with one attached hydrogen (secondary N) is 1. The van der Waals surface area contributed by atoms with E-state index in [1.165, 1.54) is 5.56 Å². The molecule has 0 saturated carbocycles. The van der Waals surface area contributed by atoms with Crippen LogP contribution < -0.4 is 11.1 Å². The second kappa shape index (κ2) is 5.52. The van der Waals surface area contributed by atoms with E-state index in [0.29, 0.717) is 5.95 Å². The van der Waals surface area contributed by atoms with E-state index in [-0.39, 0.29) is 0 Å². The van der Waals surface area contributed by atoms with Crippen molar-refractivity contribution in [2.45, 2.75) is 6.42 Å². The summed E-state index contributed by atoms with van der Waals surface area (Å²) in [6.07, 6.45) is 0.885. The molecule has 0 bridgehead atoms. The Labute approximate surface area is 116 Å². The summed E-state index contributed by atoms with van der Waals surface area (Å²) in [6, 6.07) is 15.5. The Morgan fingerprint density at radius 2 is 1.65 bits per heavy atom. The van der Waals surface area contributed by atoms with Gasteiger partial charge in [0.15, 0.2) is 0 Å². The van der Waals surface area contributed by atoms with Crippen molar-refractivity contribution in [3.05, 3.63) is 54.1 Å². The minimum atomic E-state index is 0.555. The summed E-state index contributed by atoms with van der Waals surface area (Å²) in [5.74, 6) is 0.555. The van der Waals surface area contributed by atoms with Crippen molar-refractivity contribution >= 4 is 22.7 Å². The molecule has 0 saturated heterocycles. The van der Waals surface area contributed by atoms with Gasteiger partial charge >= 0.3 is 0 Å². The summed E-state index contributed by atoms with van der Waals surface area (Å²) in [4.78, 5) is 4.42. The average Bonchev–Trinajstić information content (AvgIpc) is 2.49. The van der Waals surface area contributed by atoms with E-state index in [1.54, 1.807) is 0 Å². The molecule has 0 aliphatic carbocycles. The summed E-state index contributed by atoms with van der Waals surface area (Å²) in [5, 5.41) is 11.4. The van der Waals surface area contributed by atoms with Gasteiger partial charge in [-0.3, -0.25) is 0 Å².